The van der Waals surface area contributed by atoms with E-state index in [-0.39, 0.29) is 5.69 Å². The van der Waals surface area contributed by atoms with Crippen LogP contribution < -0.4 is 4.74 Å². The van der Waals surface area contributed by atoms with Crippen molar-refractivity contribution in [1.82, 2.24) is 15.0 Å². The molecule has 4 aromatic rings. The molecule has 0 aliphatic heterocycles. The van der Waals surface area contributed by atoms with Crippen LogP contribution in [0, 0.1) is 11.3 Å². The molecule has 2 heterocycles. The number of H-pyrrole nitrogens is 1. The van der Waals surface area contributed by atoms with Gasteiger partial charge in [0.15, 0.2) is 5.92 Å². The molecule has 1 N–H and O–H groups in total. The van der Waals surface area contributed by atoms with Gasteiger partial charge in [0, 0.05) is 5.39 Å². The molecule has 0 saturated heterocycles. The lowest BCUT2D eigenvalue weighted by Crippen LogP contribution is -2.14. The van der Waals surface area contributed by atoms with Crippen molar-refractivity contribution in [3.05, 3.63) is 66.1 Å². The minimum atomic E-state index is -1.07. The van der Waals surface area contributed by atoms with Crippen LogP contribution in [-0.2, 0) is 0 Å². The molecule has 0 aliphatic rings. The first-order valence-electron chi connectivity index (χ1n) is 8.03. The van der Waals surface area contributed by atoms with Crippen LogP contribution in [0.4, 0.5) is 0 Å². The average molecular weight is 342 g/mol. The van der Waals surface area contributed by atoms with Crippen LogP contribution in [0.15, 0.2) is 54.6 Å². The number of pyridine rings is 1. The molecule has 6 nitrogen and oxygen atoms in total. The molecule has 0 radical (unpaired) electrons. The summed E-state index contributed by atoms with van der Waals surface area (Å²) in [5.74, 6) is -0.822. The number of Topliss-reactive ketones (excluding diaryl/α,β-unsaturated/α-hetero) is 1. The number of para-hydroxylation sites is 2. The van der Waals surface area contributed by atoms with E-state index in [9.17, 15) is 10.1 Å². The van der Waals surface area contributed by atoms with E-state index in [1.165, 1.54) is 7.11 Å². The number of nitriles is 1. The smallest absolute Gasteiger partial charge is 0.221 e. The van der Waals surface area contributed by atoms with E-state index < -0.39 is 11.7 Å². The Morgan fingerprint density at radius 1 is 1.15 bits per heavy atom. The van der Waals surface area contributed by atoms with Crippen molar-refractivity contribution in [3.63, 3.8) is 0 Å². The highest BCUT2D eigenvalue weighted by Gasteiger charge is 2.27. The fourth-order valence-electron chi connectivity index (χ4n) is 2.95. The zero-order chi connectivity index (χ0) is 18.1. The van der Waals surface area contributed by atoms with Crippen LogP contribution in [0.2, 0.25) is 0 Å². The predicted octanol–water partition coefficient (Wildman–Crippen LogP) is 3.61. The van der Waals surface area contributed by atoms with E-state index in [1.807, 2.05) is 54.6 Å². The van der Waals surface area contributed by atoms with E-state index in [0.717, 1.165) is 16.3 Å². The number of rotatable bonds is 4. The van der Waals surface area contributed by atoms with E-state index in [1.54, 1.807) is 6.07 Å². The third-order valence-electron chi connectivity index (χ3n) is 4.22. The largest absolute Gasteiger partial charge is 0.481 e. The first kappa shape index (κ1) is 15.8. The predicted molar refractivity (Wildman–Crippen MR) is 97.1 cm³/mol. The highest BCUT2D eigenvalue weighted by Crippen LogP contribution is 2.27. The molecule has 0 unspecified atom stereocenters. The molecule has 26 heavy (non-hydrogen) atoms. The highest BCUT2D eigenvalue weighted by atomic mass is 16.5. The second kappa shape index (κ2) is 6.30. The van der Waals surface area contributed by atoms with Crippen molar-refractivity contribution in [3.8, 4) is 11.9 Å². The maximum atomic E-state index is 13.0. The van der Waals surface area contributed by atoms with Gasteiger partial charge in [0.25, 0.3) is 0 Å². The first-order valence-corrected chi connectivity index (χ1v) is 8.03. The number of hydrogen-bond acceptors (Lipinski definition) is 5. The topological polar surface area (TPSA) is 91.7 Å². The number of fused-ring (bicyclic) bond motifs is 2. The van der Waals surface area contributed by atoms with Gasteiger partial charge in [-0.2, -0.15) is 5.26 Å². The zero-order valence-corrected chi connectivity index (χ0v) is 13.9. The normalized spacial score (nSPS) is 12.0. The van der Waals surface area contributed by atoms with E-state index in [2.05, 4.69) is 15.0 Å². The Balaban J connectivity index is 1.80. The second-order valence-electron chi connectivity index (χ2n) is 5.80. The van der Waals surface area contributed by atoms with Crippen LogP contribution in [0.3, 0.4) is 0 Å². The van der Waals surface area contributed by atoms with Crippen molar-refractivity contribution in [2.45, 2.75) is 5.92 Å². The minimum absolute atomic E-state index is 0.174. The molecule has 0 bridgehead atoms. The number of benzene rings is 2. The molecule has 2 aromatic carbocycles. The molecule has 1 atom stereocenters. The van der Waals surface area contributed by atoms with Gasteiger partial charge in [0.05, 0.1) is 24.2 Å². The Morgan fingerprint density at radius 2 is 1.92 bits per heavy atom. The molecular weight excluding hydrogens is 328 g/mol. The maximum Gasteiger partial charge on any atom is 0.221 e. The minimum Gasteiger partial charge on any atom is -0.481 e. The van der Waals surface area contributed by atoms with Gasteiger partial charge in [0.2, 0.25) is 11.7 Å². The molecule has 0 fully saturated rings. The molecule has 4 rings (SSSR count). The van der Waals surface area contributed by atoms with Gasteiger partial charge >= 0.3 is 0 Å². The number of carbonyl (C=O) groups is 1. The second-order valence-corrected chi connectivity index (χ2v) is 5.80. The molecule has 6 heteroatoms. The third-order valence-corrected chi connectivity index (χ3v) is 4.22. The Hall–Kier alpha value is -3.72. The molecule has 0 amide bonds. The number of carbonyl (C=O) groups excluding carboxylic acids is 1. The van der Waals surface area contributed by atoms with Crippen molar-refractivity contribution < 1.29 is 9.53 Å². The zero-order valence-electron chi connectivity index (χ0n) is 13.9. The summed E-state index contributed by atoms with van der Waals surface area (Å²) in [6, 6.07) is 18.6. The number of aromatic amines is 1. The molecule has 0 spiro atoms. The monoisotopic (exact) mass is 342 g/mol. The molecule has 2 aromatic heterocycles. The average Bonchev–Trinajstić information content (AvgIpc) is 3.11. The molecular formula is C20H14N4O2. The van der Waals surface area contributed by atoms with Crippen LogP contribution in [0.5, 0.6) is 5.88 Å². The summed E-state index contributed by atoms with van der Waals surface area (Å²) in [6.45, 7) is 0. The maximum absolute atomic E-state index is 13.0. The van der Waals surface area contributed by atoms with Crippen LogP contribution in [0.25, 0.3) is 21.8 Å². The van der Waals surface area contributed by atoms with Gasteiger partial charge in [-0.3, -0.25) is 4.79 Å². The van der Waals surface area contributed by atoms with E-state index in [0.29, 0.717) is 17.2 Å². The third kappa shape index (κ3) is 2.56. The van der Waals surface area contributed by atoms with Crippen molar-refractivity contribution in [1.29, 1.82) is 5.26 Å². The number of ketones is 1. The number of nitrogens with one attached hydrogen (secondary N) is 1. The van der Waals surface area contributed by atoms with Crippen molar-refractivity contribution in [2.75, 3.05) is 7.11 Å². The number of ether oxygens (including phenoxy) is 1. The lowest BCUT2D eigenvalue weighted by molar-refractivity contribution is 0.0971. The lowest BCUT2D eigenvalue weighted by atomic mass is 10.0. The summed E-state index contributed by atoms with van der Waals surface area (Å²) in [4.78, 5) is 24.7. The van der Waals surface area contributed by atoms with Crippen molar-refractivity contribution >= 4 is 27.6 Å². The molecule has 0 saturated carbocycles. The first-order chi connectivity index (χ1) is 12.7. The summed E-state index contributed by atoms with van der Waals surface area (Å²) in [7, 11) is 1.50. The van der Waals surface area contributed by atoms with Crippen molar-refractivity contribution in [2.24, 2.45) is 0 Å². The van der Waals surface area contributed by atoms with Gasteiger partial charge in [-0.15, -0.1) is 0 Å². The number of imidazole rings is 1. The SMILES string of the molecule is COc1nc(C(=O)[C@H](C#N)c2nc3ccccc3[nH]2)cc2ccccc12. The number of nitrogens with zero attached hydrogens (tertiary/aromatic N) is 3. The van der Waals surface area contributed by atoms with E-state index in [4.69, 9.17) is 4.74 Å². The Bertz CT molecular complexity index is 1140. The highest BCUT2D eigenvalue weighted by molar-refractivity contribution is 6.04. The quantitative estimate of drug-likeness (QED) is 0.572. The van der Waals surface area contributed by atoms with Gasteiger partial charge in [-0.25, -0.2) is 9.97 Å². The van der Waals surface area contributed by atoms with Gasteiger partial charge in [-0.05, 0) is 29.7 Å². The van der Waals surface area contributed by atoms with Crippen LogP contribution >= 0.6 is 0 Å². The summed E-state index contributed by atoms with van der Waals surface area (Å²) >= 11 is 0. The molecule has 126 valence electrons. The summed E-state index contributed by atoms with van der Waals surface area (Å²) in [5, 5.41) is 11.2. The lowest BCUT2D eigenvalue weighted by Gasteiger charge is -2.09. The van der Waals surface area contributed by atoms with Gasteiger partial charge < -0.3 is 9.72 Å². The summed E-state index contributed by atoms with van der Waals surface area (Å²) in [6.07, 6.45) is 0. The summed E-state index contributed by atoms with van der Waals surface area (Å²) in [5.41, 5.74) is 1.66. The van der Waals surface area contributed by atoms with Gasteiger partial charge in [0.1, 0.15) is 11.5 Å². The Labute approximate surface area is 149 Å². The van der Waals surface area contributed by atoms with Crippen LogP contribution in [0.1, 0.15) is 22.2 Å². The fraction of sp³-hybridized carbons (Fsp3) is 0.100. The Kier molecular flexibility index (Phi) is 3.82. The number of methoxy groups -OCH3 is 1. The molecule has 0 aliphatic carbocycles. The fourth-order valence-corrected chi connectivity index (χ4v) is 2.95. The van der Waals surface area contributed by atoms with Gasteiger partial charge in [-0.1, -0.05) is 30.3 Å². The van der Waals surface area contributed by atoms with E-state index >= 15 is 0 Å². The van der Waals surface area contributed by atoms with Crippen LogP contribution in [-0.4, -0.2) is 27.8 Å². The standard InChI is InChI=1S/C20H14N4O2/c1-26-20-13-7-3-2-6-12(13)10-17(24-20)18(25)14(11-21)19-22-15-8-4-5-9-16(15)23-19/h2-10,14H,1H3,(H,22,23)/t14-/m0/s1. The summed E-state index contributed by atoms with van der Waals surface area (Å²) < 4.78 is 5.32. The number of aromatic nitrogens is 3. The number of hydrogen-bond donors (Lipinski definition) is 1. The Morgan fingerprint density at radius 3 is 2.69 bits per heavy atom.